The van der Waals surface area contributed by atoms with E-state index in [0.717, 1.165) is 12.3 Å². The van der Waals surface area contributed by atoms with E-state index in [-0.39, 0.29) is 0 Å². The Morgan fingerprint density at radius 3 is 2.75 bits per heavy atom. The largest absolute Gasteiger partial charge is 0.126 e. The predicted molar refractivity (Wildman–Crippen MR) is 39.3 cm³/mol. The molecular formula is C7H13Cl. The molecule has 0 spiro atoms. The van der Waals surface area contributed by atoms with Gasteiger partial charge in [0, 0.05) is 5.88 Å². The summed E-state index contributed by atoms with van der Waals surface area (Å²) in [5.74, 6) is 1.42. The minimum Gasteiger partial charge on any atom is -0.126 e. The molecule has 0 aromatic carbocycles. The van der Waals surface area contributed by atoms with Crippen LogP contribution in [0, 0.1) is 5.92 Å². The molecule has 0 nitrogen and oxygen atoms in total. The molecule has 0 saturated carbocycles. The highest BCUT2D eigenvalue weighted by atomic mass is 35.5. The van der Waals surface area contributed by atoms with E-state index in [1.54, 1.807) is 0 Å². The Balaban J connectivity index is 2.97. The summed E-state index contributed by atoms with van der Waals surface area (Å²) in [5, 5.41) is 0. The van der Waals surface area contributed by atoms with E-state index in [0.29, 0.717) is 5.92 Å². The predicted octanol–water partition coefficient (Wildman–Crippen LogP) is 2.83. The fourth-order valence-corrected chi connectivity index (χ4v) is 0.634. The highest BCUT2D eigenvalue weighted by Crippen LogP contribution is 2.06. The maximum Gasteiger partial charge on any atom is 0.0249 e. The molecule has 1 unspecified atom stereocenters. The van der Waals surface area contributed by atoms with E-state index in [1.807, 2.05) is 6.08 Å². The summed E-state index contributed by atoms with van der Waals surface area (Å²) in [5.41, 5.74) is 0. The van der Waals surface area contributed by atoms with E-state index >= 15 is 0 Å². The van der Waals surface area contributed by atoms with Crippen molar-refractivity contribution in [3.63, 3.8) is 0 Å². The highest BCUT2D eigenvalue weighted by Gasteiger charge is 1.95. The molecule has 0 fully saturated rings. The summed E-state index contributed by atoms with van der Waals surface area (Å²) in [6, 6.07) is 0. The number of hydrogen-bond donors (Lipinski definition) is 0. The van der Waals surface area contributed by atoms with Gasteiger partial charge in [-0.3, -0.25) is 0 Å². The normalized spacial score (nSPS) is 13.2. The van der Waals surface area contributed by atoms with Crippen LogP contribution < -0.4 is 0 Å². The monoisotopic (exact) mass is 132 g/mol. The minimum absolute atomic E-state index is 0.648. The van der Waals surface area contributed by atoms with Crippen LogP contribution in [-0.2, 0) is 0 Å². The van der Waals surface area contributed by atoms with Crippen molar-refractivity contribution in [1.29, 1.82) is 0 Å². The molecule has 0 saturated heterocycles. The zero-order chi connectivity index (χ0) is 6.41. The van der Waals surface area contributed by atoms with Gasteiger partial charge in [0.2, 0.25) is 0 Å². The van der Waals surface area contributed by atoms with E-state index in [1.165, 1.54) is 6.42 Å². The highest BCUT2D eigenvalue weighted by molar-refractivity contribution is 6.18. The molecule has 0 N–H and O–H groups in total. The Bertz CT molecular complexity index is 59.4. The molecule has 48 valence electrons. The molecule has 0 aromatic heterocycles. The van der Waals surface area contributed by atoms with Crippen molar-refractivity contribution >= 4 is 11.6 Å². The van der Waals surface area contributed by atoms with Gasteiger partial charge in [-0.05, 0) is 18.8 Å². The van der Waals surface area contributed by atoms with E-state index in [2.05, 4.69) is 13.5 Å². The number of alkyl halides is 1. The standard InChI is InChI=1S/C7H13Cl/c1-3-4-5-7(2)6-8/h3,7H,1,4-6H2,2H3. The lowest BCUT2D eigenvalue weighted by Crippen LogP contribution is -1.93. The van der Waals surface area contributed by atoms with E-state index < -0.39 is 0 Å². The Morgan fingerprint density at radius 2 is 2.38 bits per heavy atom. The fraction of sp³-hybridized carbons (Fsp3) is 0.714. The molecule has 8 heavy (non-hydrogen) atoms. The molecule has 0 aromatic rings. The minimum atomic E-state index is 0.648. The topological polar surface area (TPSA) is 0 Å². The summed E-state index contributed by atoms with van der Waals surface area (Å²) in [7, 11) is 0. The van der Waals surface area contributed by atoms with Crippen LogP contribution >= 0.6 is 11.6 Å². The van der Waals surface area contributed by atoms with Gasteiger partial charge < -0.3 is 0 Å². The third-order valence-corrected chi connectivity index (χ3v) is 1.65. The second-order valence-corrected chi connectivity index (χ2v) is 2.43. The van der Waals surface area contributed by atoms with Gasteiger partial charge in [0.05, 0.1) is 0 Å². The number of hydrogen-bond acceptors (Lipinski definition) is 0. The molecule has 0 aliphatic rings. The van der Waals surface area contributed by atoms with E-state index in [4.69, 9.17) is 11.6 Å². The molecule has 1 atom stereocenters. The van der Waals surface area contributed by atoms with Gasteiger partial charge >= 0.3 is 0 Å². The molecule has 0 radical (unpaired) electrons. The second-order valence-electron chi connectivity index (χ2n) is 2.13. The smallest absolute Gasteiger partial charge is 0.0249 e. The van der Waals surface area contributed by atoms with Crippen molar-refractivity contribution in [1.82, 2.24) is 0 Å². The van der Waals surface area contributed by atoms with Crippen molar-refractivity contribution in [3.8, 4) is 0 Å². The van der Waals surface area contributed by atoms with Gasteiger partial charge in [-0.15, -0.1) is 18.2 Å². The van der Waals surface area contributed by atoms with Gasteiger partial charge in [0.25, 0.3) is 0 Å². The molecule has 0 rings (SSSR count). The molecular weight excluding hydrogens is 120 g/mol. The summed E-state index contributed by atoms with van der Waals surface area (Å²) in [6.45, 7) is 5.77. The zero-order valence-corrected chi connectivity index (χ0v) is 6.12. The first-order valence-corrected chi connectivity index (χ1v) is 3.51. The van der Waals surface area contributed by atoms with Crippen LogP contribution in [0.4, 0.5) is 0 Å². The lowest BCUT2D eigenvalue weighted by Gasteiger charge is -2.01. The number of allylic oxidation sites excluding steroid dienone is 1. The number of halogens is 1. The fourth-order valence-electron chi connectivity index (χ4n) is 0.480. The number of rotatable bonds is 4. The lowest BCUT2D eigenvalue weighted by molar-refractivity contribution is 0.601. The molecule has 0 amide bonds. The van der Waals surface area contributed by atoms with Crippen LogP contribution in [0.2, 0.25) is 0 Å². The van der Waals surface area contributed by atoms with Gasteiger partial charge in [-0.25, -0.2) is 0 Å². The summed E-state index contributed by atoms with van der Waals surface area (Å²) >= 11 is 5.55. The third-order valence-electron chi connectivity index (χ3n) is 1.13. The van der Waals surface area contributed by atoms with Crippen LogP contribution in [0.5, 0.6) is 0 Å². The van der Waals surface area contributed by atoms with Crippen molar-refractivity contribution in [3.05, 3.63) is 12.7 Å². The summed E-state index contributed by atoms with van der Waals surface area (Å²) in [4.78, 5) is 0. The van der Waals surface area contributed by atoms with Crippen molar-refractivity contribution < 1.29 is 0 Å². The Labute approximate surface area is 56.5 Å². The maximum absolute atomic E-state index is 5.55. The average molecular weight is 133 g/mol. The van der Waals surface area contributed by atoms with Crippen LogP contribution in [0.15, 0.2) is 12.7 Å². The summed E-state index contributed by atoms with van der Waals surface area (Å²) < 4.78 is 0. The Morgan fingerprint density at radius 1 is 1.75 bits per heavy atom. The Kier molecular flexibility index (Phi) is 5.19. The van der Waals surface area contributed by atoms with Crippen LogP contribution in [0.25, 0.3) is 0 Å². The Hall–Kier alpha value is 0.0300. The molecule has 0 aliphatic heterocycles. The van der Waals surface area contributed by atoms with Gasteiger partial charge in [0.1, 0.15) is 0 Å². The average Bonchev–Trinajstić information content (AvgIpc) is 1.83. The van der Waals surface area contributed by atoms with Crippen molar-refractivity contribution in [2.75, 3.05) is 5.88 Å². The molecule has 0 bridgehead atoms. The molecule has 0 aliphatic carbocycles. The first kappa shape index (κ1) is 8.03. The third kappa shape index (κ3) is 4.20. The lowest BCUT2D eigenvalue weighted by atomic mass is 10.1. The van der Waals surface area contributed by atoms with Crippen LogP contribution in [0.1, 0.15) is 19.8 Å². The SMILES string of the molecule is C=CCCC(C)CCl. The first-order valence-electron chi connectivity index (χ1n) is 2.98. The second kappa shape index (κ2) is 5.17. The van der Waals surface area contributed by atoms with Crippen molar-refractivity contribution in [2.24, 2.45) is 5.92 Å². The van der Waals surface area contributed by atoms with Crippen molar-refractivity contribution in [2.45, 2.75) is 19.8 Å². The van der Waals surface area contributed by atoms with E-state index in [9.17, 15) is 0 Å². The van der Waals surface area contributed by atoms with Crippen LogP contribution in [-0.4, -0.2) is 5.88 Å². The first-order chi connectivity index (χ1) is 3.81. The molecule has 0 heterocycles. The zero-order valence-electron chi connectivity index (χ0n) is 5.36. The summed E-state index contributed by atoms with van der Waals surface area (Å²) in [6.07, 6.45) is 4.20. The quantitative estimate of drug-likeness (QED) is 0.408. The molecule has 1 heteroatoms. The maximum atomic E-state index is 5.55. The van der Waals surface area contributed by atoms with Gasteiger partial charge in [0.15, 0.2) is 0 Å². The van der Waals surface area contributed by atoms with Crippen LogP contribution in [0.3, 0.4) is 0 Å². The van der Waals surface area contributed by atoms with Gasteiger partial charge in [-0.1, -0.05) is 13.0 Å². The van der Waals surface area contributed by atoms with Gasteiger partial charge in [-0.2, -0.15) is 0 Å².